The van der Waals surface area contributed by atoms with Crippen LogP contribution in [0.15, 0.2) is 30.3 Å². The molecule has 3 aromatic rings. The van der Waals surface area contributed by atoms with Gasteiger partial charge in [-0.3, -0.25) is 0 Å². The molecule has 0 atom stereocenters. The zero-order valence-corrected chi connectivity index (χ0v) is 11.9. The average molecular weight is 266 g/mol. The molecule has 0 saturated carbocycles. The van der Waals surface area contributed by atoms with Gasteiger partial charge in [0.05, 0.1) is 5.39 Å². The molecule has 4 heteroatoms. The van der Waals surface area contributed by atoms with E-state index in [1.165, 1.54) is 5.56 Å². The van der Waals surface area contributed by atoms with Crippen LogP contribution in [0.1, 0.15) is 31.0 Å². The lowest BCUT2D eigenvalue weighted by Crippen LogP contribution is -1.99. The Morgan fingerprint density at radius 3 is 2.45 bits per heavy atom. The van der Waals surface area contributed by atoms with Gasteiger partial charge >= 0.3 is 0 Å². The Morgan fingerprint density at radius 2 is 1.80 bits per heavy atom. The van der Waals surface area contributed by atoms with Gasteiger partial charge in [0.25, 0.3) is 0 Å². The third-order valence-corrected chi connectivity index (χ3v) is 3.53. The lowest BCUT2D eigenvalue weighted by atomic mass is 10.0. The standard InChI is InChI=1S/C16H18N4/c1-9(2)12-10(3)18-16-13(12)14(17)19-15(20-16)11-7-5-4-6-8-11/h4-9H,1-3H3,(H3,17,18,19,20). The van der Waals surface area contributed by atoms with Crippen LogP contribution in [0.4, 0.5) is 5.82 Å². The zero-order chi connectivity index (χ0) is 14.3. The van der Waals surface area contributed by atoms with Gasteiger partial charge in [0.2, 0.25) is 0 Å². The molecule has 0 unspecified atom stereocenters. The van der Waals surface area contributed by atoms with Crippen LogP contribution < -0.4 is 5.73 Å². The number of aryl methyl sites for hydroxylation is 1. The van der Waals surface area contributed by atoms with E-state index < -0.39 is 0 Å². The van der Waals surface area contributed by atoms with Gasteiger partial charge in [-0.05, 0) is 18.4 Å². The summed E-state index contributed by atoms with van der Waals surface area (Å²) < 4.78 is 0. The number of nitrogens with two attached hydrogens (primary N) is 1. The number of benzene rings is 1. The summed E-state index contributed by atoms with van der Waals surface area (Å²) in [4.78, 5) is 12.4. The molecule has 20 heavy (non-hydrogen) atoms. The van der Waals surface area contributed by atoms with Gasteiger partial charge < -0.3 is 10.7 Å². The molecular weight excluding hydrogens is 248 g/mol. The molecule has 0 radical (unpaired) electrons. The van der Waals surface area contributed by atoms with Crippen LogP contribution >= 0.6 is 0 Å². The Labute approximate surface area is 118 Å². The maximum absolute atomic E-state index is 6.18. The molecule has 2 aromatic heterocycles. The highest BCUT2D eigenvalue weighted by Crippen LogP contribution is 2.32. The minimum Gasteiger partial charge on any atom is -0.383 e. The maximum atomic E-state index is 6.18. The maximum Gasteiger partial charge on any atom is 0.163 e. The normalized spacial score (nSPS) is 11.4. The first kappa shape index (κ1) is 12.7. The molecule has 1 aromatic carbocycles. The molecular formula is C16H18N4. The molecule has 0 spiro atoms. The minimum atomic E-state index is 0.386. The van der Waals surface area contributed by atoms with Crippen LogP contribution in [0, 0.1) is 6.92 Å². The number of anilines is 1. The predicted molar refractivity (Wildman–Crippen MR) is 82.6 cm³/mol. The first-order chi connectivity index (χ1) is 9.58. The second-order valence-electron chi connectivity index (χ2n) is 5.34. The van der Waals surface area contributed by atoms with Crippen molar-refractivity contribution in [2.45, 2.75) is 26.7 Å². The van der Waals surface area contributed by atoms with E-state index in [4.69, 9.17) is 5.73 Å². The van der Waals surface area contributed by atoms with E-state index >= 15 is 0 Å². The SMILES string of the molecule is Cc1[nH]c2nc(-c3ccccc3)nc(N)c2c1C(C)C. The molecule has 2 heterocycles. The van der Waals surface area contributed by atoms with Crippen molar-refractivity contribution >= 4 is 16.9 Å². The summed E-state index contributed by atoms with van der Waals surface area (Å²) in [6, 6.07) is 9.89. The summed E-state index contributed by atoms with van der Waals surface area (Å²) in [6.45, 7) is 6.36. The Bertz CT molecular complexity index is 757. The summed E-state index contributed by atoms with van der Waals surface area (Å²) in [7, 11) is 0. The largest absolute Gasteiger partial charge is 0.383 e. The highest BCUT2D eigenvalue weighted by molar-refractivity contribution is 5.92. The molecule has 0 aliphatic rings. The first-order valence-electron chi connectivity index (χ1n) is 6.79. The van der Waals surface area contributed by atoms with Gasteiger partial charge in [-0.1, -0.05) is 44.2 Å². The number of aromatic nitrogens is 3. The molecule has 0 saturated heterocycles. The zero-order valence-electron chi connectivity index (χ0n) is 11.9. The predicted octanol–water partition coefficient (Wildman–Crippen LogP) is 3.64. The third kappa shape index (κ3) is 1.93. The fraction of sp³-hybridized carbons (Fsp3) is 0.250. The summed E-state index contributed by atoms with van der Waals surface area (Å²) >= 11 is 0. The molecule has 0 aliphatic carbocycles. The summed E-state index contributed by atoms with van der Waals surface area (Å²) in [5.74, 6) is 1.59. The van der Waals surface area contributed by atoms with E-state index in [1.807, 2.05) is 30.3 Å². The number of rotatable bonds is 2. The van der Waals surface area contributed by atoms with Gasteiger partial charge in [0.1, 0.15) is 11.5 Å². The average Bonchev–Trinajstić information content (AvgIpc) is 2.76. The Balaban J connectivity index is 2.27. The number of nitrogens with one attached hydrogen (secondary N) is 1. The van der Waals surface area contributed by atoms with Crippen molar-refractivity contribution in [2.24, 2.45) is 0 Å². The molecule has 0 fully saturated rings. The van der Waals surface area contributed by atoms with Crippen LogP contribution in [-0.2, 0) is 0 Å². The van der Waals surface area contributed by atoms with Crippen molar-refractivity contribution in [1.29, 1.82) is 0 Å². The van der Waals surface area contributed by atoms with Crippen molar-refractivity contribution in [1.82, 2.24) is 15.0 Å². The minimum absolute atomic E-state index is 0.386. The molecule has 3 N–H and O–H groups in total. The summed E-state index contributed by atoms with van der Waals surface area (Å²) in [6.07, 6.45) is 0. The molecule has 0 aliphatic heterocycles. The fourth-order valence-corrected chi connectivity index (χ4v) is 2.70. The first-order valence-corrected chi connectivity index (χ1v) is 6.79. The van der Waals surface area contributed by atoms with Gasteiger partial charge in [-0.25, -0.2) is 9.97 Å². The smallest absolute Gasteiger partial charge is 0.163 e. The van der Waals surface area contributed by atoms with E-state index in [-0.39, 0.29) is 0 Å². The van der Waals surface area contributed by atoms with Crippen LogP contribution in [0.2, 0.25) is 0 Å². The van der Waals surface area contributed by atoms with E-state index in [1.54, 1.807) is 0 Å². The van der Waals surface area contributed by atoms with Gasteiger partial charge in [-0.15, -0.1) is 0 Å². The van der Waals surface area contributed by atoms with Gasteiger partial charge in [-0.2, -0.15) is 0 Å². The second kappa shape index (κ2) is 4.63. The Hall–Kier alpha value is -2.36. The van der Waals surface area contributed by atoms with E-state index in [2.05, 4.69) is 35.7 Å². The number of hydrogen-bond acceptors (Lipinski definition) is 3. The lowest BCUT2D eigenvalue weighted by Gasteiger charge is -2.07. The van der Waals surface area contributed by atoms with Gasteiger partial charge in [0, 0.05) is 11.3 Å². The number of hydrogen-bond donors (Lipinski definition) is 2. The number of fused-ring (bicyclic) bond motifs is 1. The molecule has 4 nitrogen and oxygen atoms in total. The number of nitrogen functional groups attached to an aromatic ring is 1. The van der Waals surface area contributed by atoms with Crippen molar-refractivity contribution in [3.8, 4) is 11.4 Å². The lowest BCUT2D eigenvalue weighted by molar-refractivity contribution is 0.863. The quantitative estimate of drug-likeness (QED) is 0.744. The van der Waals surface area contributed by atoms with Crippen molar-refractivity contribution in [3.05, 3.63) is 41.6 Å². The van der Waals surface area contributed by atoms with Crippen molar-refractivity contribution in [2.75, 3.05) is 5.73 Å². The second-order valence-corrected chi connectivity index (χ2v) is 5.34. The van der Waals surface area contributed by atoms with Gasteiger partial charge in [0.15, 0.2) is 5.82 Å². The molecule has 102 valence electrons. The topological polar surface area (TPSA) is 67.6 Å². The molecule has 3 rings (SSSR count). The number of aromatic amines is 1. The van der Waals surface area contributed by atoms with Crippen LogP contribution in [0.5, 0.6) is 0 Å². The Morgan fingerprint density at radius 1 is 1.10 bits per heavy atom. The highest BCUT2D eigenvalue weighted by atomic mass is 15.0. The van der Waals surface area contributed by atoms with E-state index in [9.17, 15) is 0 Å². The van der Waals surface area contributed by atoms with Crippen molar-refractivity contribution < 1.29 is 0 Å². The number of nitrogens with zero attached hydrogens (tertiary/aromatic N) is 2. The highest BCUT2D eigenvalue weighted by Gasteiger charge is 2.17. The van der Waals surface area contributed by atoms with E-state index in [0.717, 1.165) is 22.3 Å². The van der Waals surface area contributed by atoms with Crippen LogP contribution in [0.3, 0.4) is 0 Å². The molecule has 0 amide bonds. The Kier molecular flexibility index (Phi) is 2.93. The number of H-pyrrole nitrogens is 1. The van der Waals surface area contributed by atoms with Crippen LogP contribution in [-0.4, -0.2) is 15.0 Å². The molecule has 0 bridgehead atoms. The van der Waals surface area contributed by atoms with Crippen LogP contribution in [0.25, 0.3) is 22.4 Å². The monoisotopic (exact) mass is 266 g/mol. The fourth-order valence-electron chi connectivity index (χ4n) is 2.70. The van der Waals surface area contributed by atoms with E-state index in [0.29, 0.717) is 17.6 Å². The van der Waals surface area contributed by atoms with Crippen molar-refractivity contribution in [3.63, 3.8) is 0 Å². The summed E-state index contributed by atoms with van der Waals surface area (Å²) in [5.41, 5.74) is 10.3. The third-order valence-electron chi connectivity index (χ3n) is 3.53. The summed E-state index contributed by atoms with van der Waals surface area (Å²) in [5, 5.41) is 0.956.